The first-order chi connectivity index (χ1) is 19.9. The third kappa shape index (κ3) is 6.45. The van der Waals surface area contributed by atoms with E-state index in [0.29, 0.717) is 35.4 Å². The zero-order valence-corrected chi connectivity index (χ0v) is 23.2. The van der Waals surface area contributed by atoms with Gasteiger partial charge in [-0.2, -0.15) is 4.98 Å². The fourth-order valence-electron chi connectivity index (χ4n) is 5.27. The van der Waals surface area contributed by atoms with Crippen molar-refractivity contribution < 1.29 is 23.8 Å². The average molecular weight is 580 g/mol. The Bertz CT molecular complexity index is 1550. The molecule has 2 aliphatic heterocycles. The highest BCUT2D eigenvalue weighted by Gasteiger charge is 2.25. The van der Waals surface area contributed by atoms with E-state index in [4.69, 9.17) is 26.1 Å². The standard InChI is InChI=1S/C30H31ClFN5O4/c31-21-6-4-20(24(32)15-21)18-41-29-3-1-2-27(35-29)33-22-8-11-36(12-9-22)17-28-34-25-7-5-19(30(38)39)14-26(25)37(28)16-23-10-13-40-23/h1-7,14-15,22-23H,8-13,16-18H2,(H,33,35)(H,38,39). The number of aromatic nitrogens is 3. The molecule has 6 rings (SSSR count). The number of hydrogen-bond acceptors (Lipinski definition) is 7. The number of carboxylic acid groups (broad SMARTS) is 1. The fraction of sp³-hybridized carbons (Fsp3) is 0.367. The van der Waals surface area contributed by atoms with Crippen molar-refractivity contribution in [1.82, 2.24) is 19.4 Å². The Labute approximate surface area is 241 Å². The molecule has 4 heterocycles. The molecule has 2 fully saturated rings. The molecule has 9 nitrogen and oxygen atoms in total. The summed E-state index contributed by atoms with van der Waals surface area (Å²) < 4.78 is 27.6. The van der Waals surface area contributed by atoms with Gasteiger partial charge >= 0.3 is 5.97 Å². The van der Waals surface area contributed by atoms with Gasteiger partial charge in [-0.25, -0.2) is 14.2 Å². The lowest BCUT2D eigenvalue weighted by Gasteiger charge is -2.33. The van der Waals surface area contributed by atoms with Crippen LogP contribution in [0, 0.1) is 5.82 Å². The smallest absolute Gasteiger partial charge is 0.335 e. The number of nitrogens with one attached hydrogen (secondary N) is 1. The summed E-state index contributed by atoms with van der Waals surface area (Å²) in [5, 5.41) is 13.3. The van der Waals surface area contributed by atoms with Crippen LogP contribution in [0.1, 0.15) is 41.0 Å². The fourth-order valence-corrected chi connectivity index (χ4v) is 5.43. The summed E-state index contributed by atoms with van der Waals surface area (Å²) >= 11 is 5.83. The number of fused-ring (bicyclic) bond motifs is 1. The molecule has 4 aromatic rings. The van der Waals surface area contributed by atoms with Gasteiger partial charge in [0.05, 0.1) is 35.8 Å². The highest BCUT2D eigenvalue weighted by molar-refractivity contribution is 6.30. The Morgan fingerprint density at radius 3 is 2.68 bits per heavy atom. The summed E-state index contributed by atoms with van der Waals surface area (Å²) in [5.74, 6) is 0.706. The normalized spacial score (nSPS) is 17.9. The van der Waals surface area contributed by atoms with Crippen molar-refractivity contribution in [1.29, 1.82) is 0 Å². The molecule has 2 aliphatic rings. The van der Waals surface area contributed by atoms with E-state index in [-0.39, 0.29) is 24.3 Å². The molecule has 0 spiro atoms. The molecular weight excluding hydrogens is 549 g/mol. The van der Waals surface area contributed by atoms with E-state index in [1.54, 1.807) is 36.4 Å². The number of imidazole rings is 1. The summed E-state index contributed by atoms with van der Waals surface area (Å²) in [6.07, 6.45) is 2.98. The number of aromatic carboxylic acids is 1. The summed E-state index contributed by atoms with van der Waals surface area (Å²) in [4.78, 5) is 23.4. The Hall–Kier alpha value is -3.73. The number of carboxylic acids is 1. The molecule has 0 saturated carbocycles. The molecule has 0 bridgehead atoms. The van der Waals surface area contributed by atoms with Gasteiger partial charge in [-0.1, -0.05) is 23.7 Å². The Kier molecular flexibility index (Phi) is 8.04. The first-order valence-corrected chi connectivity index (χ1v) is 14.2. The maximum atomic E-state index is 14.1. The SMILES string of the molecule is O=C(O)c1ccc2nc(CN3CCC(Nc4cccc(OCc5ccc(Cl)cc5F)n4)CC3)n(CC3CCO3)c2c1. The third-order valence-electron chi connectivity index (χ3n) is 7.67. The molecular formula is C30H31ClFN5O4. The first kappa shape index (κ1) is 27.4. The maximum absolute atomic E-state index is 14.1. The largest absolute Gasteiger partial charge is 0.478 e. The minimum atomic E-state index is -0.947. The minimum absolute atomic E-state index is 0.0626. The lowest BCUT2D eigenvalue weighted by molar-refractivity contribution is -0.0592. The van der Waals surface area contributed by atoms with Crippen LogP contribution in [0.3, 0.4) is 0 Å². The number of likely N-dealkylation sites (tertiary alicyclic amines) is 1. The maximum Gasteiger partial charge on any atom is 0.335 e. The van der Waals surface area contributed by atoms with Crippen molar-refractivity contribution in [2.24, 2.45) is 0 Å². The van der Waals surface area contributed by atoms with E-state index in [2.05, 4.69) is 19.8 Å². The number of rotatable bonds is 10. The quantitative estimate of drug-likeness (QED) is 0.259. The van der Waals surface area contributed by atoms with E-state index in [1.807, 2.05) is 12.1 Å². The molecule has 0 radical (unpaired) electrons. The zero-order chi connectivity index (χ0) is 28.3. The van der Waals surface area contributed by atoms with Gasteiger partial charge in [-0.15, -0.1) is 0 Å². The van der Waals surface area contributed by atoms with Crippen molar-refractivity contribution >= 4 is 34.4 Å². The number of hydrogen-bond donors (Lipinski definition) is 2. The van der Waals surface area contributed by atoms with Crippen LogP contribution in [0.15, 0.2) is 54.6 Å². The predicted octanol–water partition coefficient (Wildman–Crippen LogP) is 5.37. The van der Waals surface area contributed by atoms with Crippen LogP contribution in [0.2, 0.25) is 5.02 Å². The van der Waals surface area contributed by atoms with E-state index in [9.17, 15) is 14.3 Å². The van der Waals surface area contributed by atoms with Crippen molar-refractivity contribution in [3.8, 4) is 5.88 Å². The molecule has 1 unspecified atom stereocenters. The van der Waals surface area contributed by atoms with Crippen LogP contribution in [0.25, 0.3) is 11.0 Å². The van der Waals surface area contributed by atoms with Crippen LogP contribution in [0.4, 0.5) is 10.2 Å². The third-order valence-corrected chi connectivity index (χ3v) is 7.91. The topological polar surface area (TPSA) is 102 Å². The van der Waals surface area contributed by atoms with E-state index in [0.717, 1.165) is 55.8 Å². The molecule has 0 aliphatic carbocycles. The molecule has 2 N–H and O–H groups in total. The molecule has 2 saturated heterocycles. The van der Waals surface area contributed by atoms with Crippen molar-refractivity contribution in [2.45, 2.75) is 51.1 Å². The summed E-state index contributed by atoms with van der Waals surface area (Å²) in [6.45, 7) is 3.94. The predicted molar refractivity (Wildman–Crippen MR) is 153 cm³/mol. The van der Waals surface area contributed by atoms with E-state index in [1.165, 1.54) is 6.07 Å². The molecule has 41 heavy (non-hydrogen) atoms. The van der Waals surface area contributed by atoms with E-state index >= 15 is 0 Å². The highest BCUT2D eigenvalue weighted by Crippen LogP contribution is 2.25. The van der Waals surface area contributed by atoms with Gasteiger partial charge in [-0.3, -0.25) is 4.90 Å². The second-order valence-corrected chi connectivity index (χ2v) is 10.9. The number of piperidine rings is 1. The lowest BCUT2D eigenvalue weighted by atomic mass is 10.1. The van der Waals surface area contributed by atoms with Gasteiger partial charge < -0.3 is 24.5 Å². The number of benzene rings is 2. The van der Waals surface area contributed by atoms with E-state index < -0.39 is 11.8 Å². The van der Waals surface area contributed by atoms with Crippen LogP contribution in [-0.4, -0.2) is 62.4 Å². The van der Waals surface area contributed by atoms with Crippen molar-refractivity contribution in [3.05, 3.63) is 82.4 Å². The lowest BCUT2D eigenvalue weighted by Crippen LogP contribution is -2.39. The number of carbonyl (C=O) groups is 1. The van der Waals surface area contributed by atoms with Crippen LogP contribution in [0.5, 0.6) is 5.88 Å². The molecule has 1 atom stereocenters. The van der Waals surface area contributed by atoms with Gasteiger partial charge in [0.2, 0.25) is 5.88 Å². The summed E-state index contributed by atoms with van der Waals surface area (Å²) in [7, 11) is 0. The number of halogens is 2. The highest BCUT2D eigenvalue weighted by atomic mass is 35.5. The van der Waals surface area contributed by atoms with Gasteiger partial charge in [0.15, 0.2) is 0 Å². The number of pyridine rings is 1. The molecule has 2 aromatic heterocycles. The Morgan fingerprint density at radius 1 is 1.12 bits per heavy atom. The van der Waals surface area contributed by atoms with Gasteiger partial charge in [0.1, 0.15) is 24.1 Å². The minimum Gasteiger partial charge on any atom is -0.478 e. The van der Waals surface area contributed by atoms with Gasteiger partial charge in [0.25, 0.3) is 0 Å². The first-order valence-electron chi connectivity index (χ1n) is 13.8. The number of anilines is 1. The van der Waals surface area contributed by atoms with Crippen LogP contribution < -0.4 is 10.1 Å². The molecule has 11 heteroatoms. The van der Waals surface area contributed by atoms with Crippen molar-refractivity contribution in [3.63, 3.8) is 0 Å². The Balaban J connectivity index is 1.06. The van der Waals surface area contributed by atoms with Crippen LogP contribution >= 0.6 is 11.6 Å². The van der Waals surface area contributed by atoms with Crippen LogP contribution in [-0.2, 0) is 24.4 Å². The number of ether oxygens (including phenoxy) is 2. The second-order valence-electron chi connectivity index (χ2n) is 10.5. The summed E-state index contributed by atoms with van der Waals surface area (Å²) in [5.41, 5.74) is 2.30. The molecule has 0 amide bonds. The van der Waals surface area contributed by atoms with Gasteiger partial charge in [-0.05, 0) is 55.7 Å². The summed E-state index contributed by atoms with van der Waals surface area (Å²) in [6, 6.07) is 15.4. The average Bonchev–Trinajstić information content (AvgIpc) is 3.27. The molecule has 2 aromatic carbocycles. The molecule has 214 valence electrons. The Morgan fingerprint density at radius 2 is 1.95 bits per heavy atom. The van der Waals surface area contributed by atoms with Crippen molar-refractivity contribution in [2.75, 3.05) is 25.0 Å². The second kappa shape index (κ2) is 12.0. The van der Waals surface area contributed by atoms with Gasteiger partial charge in [0, 0.05) is 42.4 Å². The zero-order valence-electron chi connectivity index (χ0n) is 22.4. The monoisotopic (exact) mass is 579 g/mol. The number of nitrogens with zero attached hydrogens (tertiary/aromatic N) is 4.